The van der Waals surface area contributed by atoms with Gasteiger partial charge in [-0.25, -0.2) is 13.4 Å². The Morgan fingerprint density at radius 1 is 1.00 bits per heavy atom. The van der Waals surface area contributed by atoms with E-state index < -0.39 is 10.0 Å². The van der Waals surface area contributed by atoms with Gasteiger partial charge in [-0.05, 0) is 59.3 Å². The van der Waals surface area contributed by atoms with Crippen molar-refractivity contribution in [1.29, 1.82) is 0 Å². The summed E-state index contributed by atoms with van der Waals surface area (Å²) < 4.78 is 28.2. The first-order valence-corrected chi connectivity index (χ1v) is 16.2. The van der Waals surface area contributed by atoms with Crippen LogP contribution in [-0.4, -0.2) is 37.2 Å². The molecule has 0 fully saturated rings. The molecule has 3 heterocycles. The van der Waals surface area contributed by atoms with E-state index in [1.807, 2.05) is 60.8 Å². The number of amides is 1. The second-order valence-electron chi connectivity index (χ2n) is 9.81. The summed E-state index contributed by atoms with van der Waals surface area (Å²) in [5, 5.41) is 6.44. The fourth-order valence-electron chi connectivity index (χ4n) is 5.03. The van der Waals surface area contributed by atoms with Gasteiger partial charge in [-0.1, -0.05) is 48.5 Å². The zero-order chi connectivity index (χ0) is 29.3. The number of nitrogens with one attached hydrogen (secondary N) is 2. The molecule has 212 valence electrons. The number of aromatic amines is 1. The highest BCUT2D eigenvalue weighted by atomic mass is 35.5. The van der Waals surface area contributed by atoms with E-state index in [1.165, 1.54) is 15.6 Å². The number of carbonyl (C=O) groups is 1. The van der Waals surface area contributed by atoms with Crippen molar-refractivity contribution >= 4 is 72.2 Å². The van der Waals surface area contributed by atoms with Gasteiger partial charge in [-0.15, -0.1) is 22.9 Å². The predicted molar refractivity (Wildman–Crippen MR) is 173 cm³/mol. The van der Waals surface area contributed by atoms with Crippen LogP contribution < -0.4 is 9.62 Å². The molecule has 1 amide bonds. The van der Waals surface area contributed by atoms with Crippen LogP contribution in [0.4, 0.5) is 11.4 Å². The zero-order valence-electron chi connectivity index (χ0n) is 22.7. The molecule has 6 rings (SSSR count). The molecule has 3 aromatic heterocycles. The number of hydrogen-bond acceptors (Lipinski definition) is 5. The van der Waals surface area contributed by atoms with Crippen LogP contribution >= 0.6 is 22.9 Å². The van der Waals surface area contributed by atoms with Crippen molar-refractivity contribution in [2.75, 3.05) is 22.5 Å². The fraction of sp³-hybridized carbons (Fsp3) is 0.125. The topological polar surface area (TPSA) is 95.2 Å². The number of halogens is 1. The summed E-state index contributed by atoms with van der Waals surface area (Å²) in [4.78, 5) is 20.4. The molecule has 7 nitrogen and oxygen atoms in total. The highest BCUT2D eigenvalue weighted by molar-refractivity contribution is 7.94. The highest BCUT2D eigenvalue weighted by Gasteiger charge is 2.24. The molecule has 0 atom stereocenters. The van der Waals surface area contributed by atoms with Crippen molar-refractivity contribution in [2.45, 2.75) is 17.1 Å². The average molecular weight is 615 g/mol. The third-order valence-corrected chi connectivity index (χ3v) is 10.6. The monoisotopic (exact) mass is 614 g/mol. The number of rotatable bonds is 9. The number of pyridine rings is 1. The summed E-state index contributed by atoms with van der Waals surface area (Å²) in [6, 6.07) is 26.7. The molecule has 42 heavy (non-hydrogen) atoms. The molecule has 2 N–H and O–H groups in total. The molecule has 10 heteroatoms. The standard InChI is InChI=1S/C32H27ClN4O3S2/c1-37(42(39,40)29-10-6-18-41-29)24-15-16-27-25(19-24)31-30(22-7-3-2-4-8-22)26(20-34-32(31)36-27)21-11-13-23(14-12-21)35-28(38)9-5-17-33/h2-4,6-8,10-16,18-20H,5,9,17H2,1H3,(H,34,36)(H,35,38). The van der Waals surface area contributed by atoms with Gasteiger partial charge in [-0.3, -0.25) is 9.10 Å². The van der Waals surface area contributed by atoms with E-state index >= 15 is 0 Å². The van der Waals surface area contributed by atoms with Gasteiger partial charge in [0.1, 0.15) is 9.86 Å². The molecular formula is C32H27ClN4O3S2. The van der Waals surface area contributed by atoms with Gasteiger partial charge in [0.25, 0.3) is 10.0 Å². The minimum Gasteiger partial charge on any atom is -0.339 e. The van der Waals surface area contributed by atoms with E-state index in [2.05, 4.69) is 22.4 Å². The Morgan fingerprint density at radius 3 is 2.50 bits per heavy atom. The molecule has 0 saturated heterocycles. The minimum atomic E-state index is -3.70. The maximum absolute atomic E-state index is 13.3. The van der Waals surface area contributed by atoms with Crippen LogP contribution in [0, 0.1) is 0 Å². The first kappa shape index (κ1) is 28.0. The number of alkyl halides is 1. The van der Waals surface area contributed by atoms with Gasteiger partial charge in [0.15, 0.2) is 0 Å². The van der Waals surface area contributed by atoms with E-state index in [-0.39, 0.29) is 10.1 Å². The lowest BCUT2D eigenvalue weighted by Gasteiger charge is -2.19. The summed E-state index contributed by atoms with van der Waals surface area (Å²) in [6.45, 7) is 0. The number of H-pyrrole nitrogens is 1. The SMILES string of the molecule is CN(c1ccc2[nH]c3ncc(-c4ccc(NC(=O)CCCCl)cc4)c(-c4ccccc4)c3c2c1)S(=O)(=O)c1cccs1. The van der Waals surface area contributed by atoms with Gasteiger partial charge < -0.3 is 10.3 Å². The number of benzene rings is 3. The normalized spacial score (nSPS) is 11.7. The van der Waals surface area contributed by atoms with E-state index in [9.17, 15) is 13.2 Å². The van der Waals surface area contributed by atoms with Crippen molar-refractivity contribution in [3.05, 3.63) is 96.5 Å². The average Bonchev–Trinajstić information content (AvgIpc) is 3.69. The third-order valence-electron chi connectivity index (χ3n) is 7.16. The Bertz CT molecular complexity index is 1990. The van der Waals surface area contributed by atoms with Crippen molar-refractivity contribution in [1.82, 2.24) is 9.97 Å². The smallest absolute Gasteiger partial charge is 0.273 e. The Kier molecular flexibility index (Phi) is 7.72. The maximum Gasteiger partial charge on any atom is 0.273 e. The molecule has 0 aliphatic carbocycles. The number of fused-ring (bicyclic) bond motifs is 3. The number of thiophene rings is 1. The van der Waals surface area contributed by atoms with Gasteiger partial charge in [0.05, 0.1) is 5.69 Å². The molecule has 6 aromatic rings. The summed E-state index contributed by atoms with van der Waals surface area (Å²) in [5.41, 5.74) is 6.65. The van der Waals surface area contributed by atoms with Crippen molar-refractivity contribution in [3.8, 4) is 22.3 Å². The number of hydrogen-bond donors (Lipinski definition) is 2. The van der Waals surface area contributed by atoms with Gasteiger partial charge in [0, 0.05) is 58.6 Å². The molecule has 0 unspecified atom stereocenters. The minimum absolute atomic E-state index is 0.0721. The van der Waals surface area contributed by atoms with Crippen molar-refractivity contribution < 1.29 is 13.2 Å². The lowest BCUT2D eigenvalue weighted by atomic mass is 9.92. The number of carbonyl (C=O) groups excluding carboxylic acids is 1. The van der Waals surface area contributed by atoms with Crippen LogP contribution in [0.2, 0.25) is 0 Å². The van der Waals surface area contributed by atoms with Crippen molar-refractivity contribution in [3.63, 3.8) is 0 Å². The van der Waals surface area contributed by atoms with Gasteiger partial charge in [0.2, 0.25) is 5.91 Å². The van der Waals surface area contributed by atoms with Crippen LogP contribution in [0.3, 0.4) is 0 Å². The molecule has 0 aliphatic rings. The summed E-state index contributed by atoms with van der Waals surface area (Å²) in [7, 11) is -2.12. The molecule has 3 aromatic carbocycles. The van der Waals surface area contributed by atoms with Crippen molar-refractivity contribution in [2.24, 2.45) is 0 Å². The van der Waals surface area contributed by atoms with Crippen LogP contribution in [-0.2, 0) is 14.8 Å². The van der Waals surface area contributed by atoms with E-state index in [4.69, 9.17) is 16.6 Å². The Morgan fingerprint density at radius 2 is 1.79 bits per heavy atom. The molecule has 0 aliphatic heterocycles. The number of nitrogens with zero attached hydrogens (tertiary/aromatic N) is 2. The van der Waals surface area contributed by atoms with Gasteiger partial charge in [-0.2, -0.15) is 0 Å². The Labute approximate surface area is 252 Å². The number of sulfonamides is 1. The second-order valence-corrected chi connectivity index (χ2v) is 13.3. The summed E-state index contributed by atoms with van der Waals surface area (Å²) >= 11 is 6.91. The van der Waals surface area contributed by atoms with Crippen LogP contribution in [0.5, 0.6) is 0 Å². The predicted octanol–water partition coefficient (Wildman–Crippen LogP) is 7.89. The molecule has 0 saturated carbocycles. The lowest BCUT2D eigenvalue weighted by Crippen LogP contribution is -2.25. The first-order chi connectivity index (χ1) is 20.4. The molecule has 0 spiro atoms. The van der Waals surface area contributed by atoms with Gasteiger partial charge >= 0.3 is 0 Å². The number of anilines is 2. The Hall–Kier alpha value is -4.18. The van der Waals surface area contributed by atoms with Crippen LogP contribution in [0.25, 0.3) is 44.2 Å². The lowest BCUT2D eigenvalue weighted by molar-refractivity contribution is -0.116. The van der Waals surface area contributed by atoms with E-state index in [0.717, 1.165) is 38.5 Å². The molecule has 0 bridgehead atoms. The molecule has 0 radical (unpaired) electrons. The van der Waals surface area contributed by atoms with Crippen LogP contribution in [0.1, 0.15) is 12.8 Å². The largest absolute Gasteiger partial charge is 0.339 e. The van der Waals surface area contributed by atoms with Crippen LogP contribution in [0.15, 0.2) is 101 Å². The fourth-order valence-corrected chi connectivity index (χ4v) is 7.51. The second kappa shape index (κ2) is 11.6. The first-order valence-electron chi connectivity index (χ1n) is 13.4. The zero-order valence-corrected chi connectivity index (χ0v) is 25.1. The summed E-state index contributed by atoms with van der Waals surface area (Å²) in [5.74, 6) is 0.372. The summed E-state index contributed by atoms with van der Waals surface area (Å²) in [6.07, 6.45) is 2.85. The Balaban J connectivity index is 1.49. The molecular weight excluding hydrogens is 588 g/mol. The van der Waals surface area contributed by atoms with E-state index in [1.54, 1.807) is 30.6 Å². The third kappa shape index (κ3) is 5.27. The van der Waals surface area contributed by atoms with E-state index in [0.29, 0.717) is 35.7 Å². The highest BCUT2D eigenvalue weighted by Crippen LogP contribution is 2.41. The number of aromatic nitrogens is 2. The maximum atomic E-state index is 13.3. The quantitative estimate of drug-likeness (QED) is 0.162.